The maximum atomic E-state index is 10.8. The van der Waals surface area contributed by atoms with E-state index < -0.39 is 0 Å². The molecular weight excluding hydrogens is 312 g/mol. The molecule has 0 aromatic carbocycles. The number of amides is 1. The molecule has 16 heavy (non-hydrogen) atoms. The lowest BCUT2D eigenvalue weighted by Gasteiger charge is -2.39. The van der Waals surface area contributed by atoms with Crippen LogP contribution in [0, 0.1) is 0 Å². The number of carbonyl (C=O) groups excluding carboxylic acids is 1. The zero-order valence-electron chi connectivity index (χ0n) is 8.80. The number of likely N-dealkylation sites (tertiary alicyclic amines) is 1. The molecule has 0 unspecified atom stereocenters. The number of nitrogens with zero attached hydrogens (tertiary/aromatic N) is 1. The van der Waals surface area contributed by atoms with Crippen LogP contribution < -0.4 is 5.32 Å². The highest BCUT2D eigenvalue weighted by atomic mass is 79.9. The van der Waals surface area contributed by atoms with Crippen molar-refractivity contribution >= 4 is 44.8 Å². The third-order valence-electron chi connectivity index (χ3n) is 2.44. The Hall–Kier alpha value is -0.100. The first kappa shape index (κ1) is 12.4. The Bertz CT molecular complexity index is 384. The van der Waals surface area contributed by atoms with Gasteiger partial charge < -0.3 is 5.32 Å². The Morgan fingerprint density at radius 2 is 2.44 bits per heavy atom. The van der Waals surface area contributed by atoms with E-state index in [2.05, 4.69) is 32.2 Å². The van der Waals surface area contributed by atoms with Gasteiger partial charge in [-0.1, -0.05) is 11.6 Å². The van der Waals surface area contributed by atoms with Crippen LogP contribution in [0.2, 0.25) is 4.34 Å². The van der Waals surface area contributed by atoms with Crippen LogP contribution in [0.5, 0.6) is 0 Å². The van der Waals surface area contributed by atoms with Gasteiger partial charge in [0.25, 0.3) is 0 Å². The van der Waals surface area contributed by atoms with Gasteiger partial charge >= 0.3 is 0 Å². The maximum absolute atomic E-state index is 10.8. The molecule has 1 amide bonds. The Balaban J connectivity index is 1.79. The second kappa shape index (κ2) is 5.04. The topological polar surface area (TPSA) is 32.3 Å². The molecule has 1 N–H and O–H groups in total. The van der Waals surface area contributed by atoms with Crippen LogP contribution in [-0.4, -0.2) is 29.9 Å². The highest BCUT2D eigenvalue weighted by Gasteiger charge is 2.27. The van der Waals surface area contributed by atoms with Crippen LogP contribution in [0.4, 0.5) is 0 Å². The molecule has 1 aromatic rings. The van der Waals surface area contributed by atoms with Crippen molar-refractivity contribution in [2.45, 2.75) is 19.5 Å². The van der Waals surface area contributed by atoms with Gasteiger partial charge in [-0.15, -0.1) is 11.3 Å². The highest BCUT2D eigenvalue weighted by Crippen LogP contribution is 2.33. The summed E-state index contributed by atoms with van der Waals surface area (Å²) in [7, 11) is 0. The van der Waals surface area contributed by atoms with Crippen LogP contribution in [0.3, 0.4) is 0 Å². The van der Waals surface area contributed by atoms with Gasteiger partial charge in [-0.2, -0.15) is 0 Å². The average Bonchev–Trinajstić information content (AvgIpc) is 2.42. The van der Waals surface area contributed by atoms with Crippen LogP contribution in [-0.2, 0) is 11.3 Å². The average molecular weight is 324 g/mol. The van der Waals surface area contributed by atoms with Crippen molar-refractivity contribution < 1.29 is 4.79 Å². The fraction of sp³-hybridized carbons (Fsp3) is 0.500. The van der Waals surface area contributed by atoms with Gasteiger partial charge in [-0.05, 0) is 22.0 Å². The van der Waals surface area contributed by atoms with E-state index in [1.54, 1.807) is 18.3 Å². The number of nitrogens with one attached hydrogen (secondary N) is 1. The molecule has 1 fully saturated rings. The molecule has 2 rings (SSSR count). The van der Waals surface area contributed by atoms with Crippen molar-refractivity contribution in [3.63, 3.8) is 0 Å². The molecule has 0 atom stereocenters. The summed E-state index contributed by atoms with van der Waals surface area (Å²) < 4.78 is 1.77. The number of carbonyl (C=O) groups is 1. The molecule has 3 nitrogen and oxygen atoms in total. The lowest BCUT2D eigenvalue weighted by molar-refractivity contribution is -0.120. The Morgan fingerprint density at radius 1 is 1.75 bits per heavy atom. The minimum atomic E-state index is 0.0477. The van der Waals surface area contributed by atoms with Crippen molar-refractivity contribution in [3.8, 4) is 0 Å². The van der Waals surface area contributed by atoms with E-state index in [4.69, 9.17) is 11.6 Å². The standard InChI is InChI=1S/C10H12BrClN2OS/c1-6(15)13-7-3-14(4-7)5-8-2-9(11)10(12)16-8/h2,7H,3-5H2,1H3,(H,13,15). The zero-order valence-corrected chi connectivity index (χ0v) is 12.0. The van der Waals surface area contributed by atoms with Gasteiger partial charge in [0, 0.05) is 35.9 Å². The Morgan fingerprint density at radius 3 is 2.94 bits per heavy atom. The lowest BCUT2D eigenvalue weighted by Crippen LogP contribution is -2.58. The summed E-state index contributed by atoms with van der Waals surface area (Å²) in [5.41, 5.74) is 0. The molecule has 0 spiro atoms. The molecule has 1 aliphatic heterocycles. The summed E-state index contributed by atoms with van der Waals surface area (Å²) in [6.45, 7) is 4.31. The number of halogens is 2. The van der Waals surface area contributed by atoms with Crippen LogP contribution in [0.25, 0.3) is 0 Å². The number of rotatable bonds is 3. The SMILES string of the molecule is CC(=O)NC1CN(Cc2cc(Br)c(Cl)s2)C1. The number of hydrogen-bond acceptors (Lipinski definition) is 3. The van der Waals surface area contributed by atoms with Crippen molar-refractivity contribution in [3.05, 3.63) is 19.8 Å². The molecule has 0 bridgehead atoms. The normalized spacial score (nSPS) is 17.2. The van der Waals surface area contributed by atoms with Gasteiger partial charge in [0.1, 0.15) is 4.34 Å². The maximum Gasteiger partial charge on any atom is 0.217 e. The number of thiophene rings is 1. The molecule has 0 aliphatic carbocycles. The summed E-state index contributed by atoms with van der Waals surface area (Å²) in [6, 6.07) is 2.37. The highest BCUT2D eigenvalue weighted by molar-refractivity contribution is 9.10. The molecule has 1 saturated heterocycles. The molecule has 6 heteroatoms. The molecule has 0 radical (unpaired) electrons. The lowest BCUT2D eigenvalue weighted by atomic mass is 10.1. The second-order valence-electron chi connectivity index (χ2n) is 3.93. The fourth-order valence-electron chi connectivity index (χ4n) is 1.77. The third-order valence-corrected chi connectivity index (χ3v) is 4.90. The van der Waals surface area contributed by atoms with E-state index in [-0.39, 0.29) is 5.91 Å². The Labute approximate surface area is 112 Å². The molecule has 88 valence electrons. The van der Waals surface area contributed by atoms with Crippen LogP contribution >= 0.6 is 38.9 Å². The summed E-state index contributed by atoms with van der Waals surface area (Å²) in [5, 5.41) is 2.90. The molecule has 1 aliphatic rings. The predicted octanol–water partition coefficient (Wildman–Crippen LogP) is 2.48. The first-order valence-electron chi connectivity index (χ1n) is 4.98. The van der Waals surface area contributed by atoms with E-state index in [1.807, 2.05) is 0 Å². The van der Waals surface area contributed by atoms with Gasteiger partial charge in [-0.25, -0.2) is 0 Å². The quantitative estimate of drug-likeness (QED) is 0.927. The van der Waals surface area contributed by atoms with Crippen LogP contribution in [0.15, 0.2) is 10.5 Å². The fourth-order valence-corrected chi connectivity index (χ4v) is 3.60. The largest absolute Gasteiger partial charge is 0.351 e. The number of hydrogen-bond donors (Lipinski definition) is 1. The summed E-state index contributed by atoms with van der Waals surface area (Å²) >= 11 is 11.0. The van der Waals surface area contributed by atoms with E-state index in [9.17, 15) is 4.79 Å². The van der Waals surface area contributed by atoms with E-state index >= 15 is 0 Å². The molecular formula is C10H12BrClN2OS. The summed E-state index contributed by atoms with van der Waals surface area (Å²) in [4.78, 5) is 14.3. The van der Waals surface area contributed by atoms with E-state index in [0.717, 1.165) is 28.4 Å². The molecule has 0 saturated carbocycles. The van der Waals surface area contributed by atoms with Crippen LogP contribution in [0.1, 0.15) is 11.8 Å². The van der Waals surface area contributed by atoms with Gasteiger partial charge in [0.2, 0.25) is 5.91 Å². The third kappa shape index (κ3) is 2.97. The smallest absolute Gasteiger partial charge is 0.217 e. The van der Waals surface area contributed by atoms with Crippen molar-refractivity contribution in [1.29, 1.82) is 0 Å². The van der Waals surface area contributed by atoms with E-state index in [1.165, 1.54) is 4.88 Å². The predicted molar refractivity (Wildman–Crippen MR) is 69.9 cm³/mol. The summed E-state index contributed by atoms with van der Waals surface area (Å²) in [6.07, 6.45) is 0. The first-order chi connectivity index (χ1) is 7.54. The Kier molecular flexibility index (Phi) is 3.89. The monoisotopic (exact) mass is 322 g/mol. The van der Waals surface area contributed by atoms with Gasteiger partial charge in [0.15, 0.2) is 0 Å². The van der Waals surface area contributed by atoms with Gasteiger partial charge in [0.05, 0.1) is 6.04 Å². The molecule has 1 aromatic heterocycles. The van der Waals surface area contributed by atoms with Crippen molar-refractivity contribution in [2.75, 3.05) is 13.1 Å². The summed E-state index contributed by atoms with van der Waals surface area (Å²) in [5.74, 6) is 0.0477. The van der Waals surface area contributed by atoms with E-state index in [0.29, 0.717) is 6.04 Å². The molecule has 2 heterocycles. The van der Waals surface area contributed by atoms with Crippen molar-refractivity contribution in [1.82, 2.24) is 10.2 Å². The minimum Gasteiger partial charge on any atom is -0.351 e. The minimum absolute atomic E-state index is 0.0477. The van der Waals surface area contributed by atoms with Crippen molar-refractivity contribution in [2.24, 2.45) is 0 Å². The first-order valence-corrected chi connectivity index (χ1v) is 6.96. The second-order valence-corrected chi connectivity index (χ2v) is 6.52. The van der Waals surface area contributed by atoms with Gasteiger partial charge in [-0.3, -0.25) is 9.69 Å². The zero-order chi connectivity index (χ0) is 11.7.